The summed E-state index contributed by atoms with van der Waals surface area (Å²) in [6.45, 7) is 4.17. The van der Waals surface area contributed by atoms with Crippen molar-refractivity contribution in [3.8, 4) is 11.5 Å². The third-order valence-electron chi connectivity index (χ3n) is 6.96. The number of nitrogens with two attached hydrogens (primary N) is 2. The summed E-state index contributed by atoms with van der Waals surface area (Å²) < 4.78 is 42.6. The van der Waals surface area contributed by atoms with Crippen LogP contribution in [0.3, 0.4) is 0 Å². The molecule has 0 radical (unpaired) electrons. The fraction of sp³-hybridized carbons (Fsp3) is 0.647. The second-order valence-corrected chi connectivity index (χ2v) is 12.0. The zero-order valence-corrected chi connectivity index (χ0v) is 28.3. The second kappa shape index (κ2) is 28.0. The molecule has 11 heteroatoms. The first-order valence-corrected chi connectivity index (χ1v) is 17.9. The standard InChI is InChI=1S/2C17H29NO2.H2O4S/c2*1-2-3-4-5-6-7-8-11-15-12-9-10-13-16(15)20-17(18)14-19;1-5(2,3)4/h2*9-10,12-13,17,19H,2-8,11,14,18H2,1H3;(H2,1,2,3,4). The highest BCUT2D eigenvalue weighted by atomic mass is 32.3. The molecule has 10 nitrogen and oxygen atoms in total. The Morgan fingerprint density at radius 1 is 0.578 bits per heavy atom. The molecule has 8 N–H and O–H groups in total. The highest BCUT2D eigenvalue weighted by Crippen LogP contribution is 2.22. The Bertz CT molecular complexity index is 994. The number of aryl methyl sites for hydroxylation is 2. The van der Waals surface area contributed by atoms with Gasteiger partial charge in [0.05, 0.1) is 13.2 Å². The molecule has 0 spiro atoms. The molecule has 0 saturated heterocycles. The fourth-order valence-electron chi connectivity index (χ4n) is 4.60. The van der Waals surface area contributed by atoms with E-state index in [1.54, 1.807) is 0 Å². The molecule has 0 saturated carbocycles. The summed E-state index contributed by atoms with van der Waals surface area (Å²) in [5.41, 5.74) is 13.6. The normalized spacial score (nSPS) is 12.3. The predicted molar refractivity (Wildman–Crippen MR) is 182 cm³/mol. The van der Waals surface area contributed by atoms with Gasteiger partial charge in [-0.1, -0.05) is 127 Å². The first-order chi connectivity index (χ1) is 21.5. The molecular weight excluding hydrogens is 596 g/mol. The molecule has 45 heavy (non-hydrogen) atoms. The van der Waals surface area contributed by atoms with Crippen LogP contribution in [0.2, 0.25) is 0 Å². The molecule has 2 atom stereocenters. The molecule has 0 fully saturated rings. The number of benzene rings is 2. The molecule has 2 rings (SSSR count). The van der Waals surface area contributed by atoms with Crippen molar-refractivity contribution in [2.75, 3.05) is 13.2 Å². The summed E-state index contributed by atoms with van der Waals surface area (Å²) in [4.78, 5) is 0. The van der Waals surface area contributed by atoms with Crippen LogP contribution in [0.15, 0.2) is 48.5 Å². The Morgan fingerprint density at radius 2 is 0.867 bits per heavy atom. The van der Waals surface area contributed by atoms with Gasteiger partial charge in [-0.3, -0.25) is 20.6 Å². The van der Waals surface area contributed by atoms with Crippen LogP contribution in [0.1, 0.15) is 115 Å². The van der Waals surface area contributed by atoms with Gasteiger partial charge >= 0.3 is 10.4 Å². The third-order valence-corrected chi connectivity index (χ3v) is 6.96. The van der Waals surface area contributed by atoms with Crippen molar-refractivity contribution in [3.63, 3.8) is 0 Å². The Balaban J connectivity index is 0.000000748. The summed E-state index contributed by atoms with van der Waals surface area (Å²) in [6.07, 6.45) is 19.0. The molecule has 0 aliphatic carbocycles. The number of aliphatic hydroxyl groups excluding tert-OH is 2. The first-order valence-electron chi connectivity index (χ1n) is 16.5. The molecule has 2 aromatic rings. The van der Waals surface area contributed by atoms with Gasteiger partial charge in [0.25, 0.3) is 0 Å². The highest BCUT2D eigenvalue weighted by molar-refractivity contribution is 7.79. The van der Waals surface area contributed by atoms with Crippen molar-refractivity contribution in [2.45, 2.75) is 129 Å². The van der Waals surface area contributed by atoms with Crippen molar-refractivity contribution >= 4 is 10.4 Å². The van der Waals surface area contributed by atoms with Crippen LogP contribution >= 0.6 is 0 Å². The minimum atomic E-state index is -4.67. The van der Waals surface area contributed by atoms with Gasteiger partial charge in [0.2, 0.25) is 0 Å². The van der Waals surface area contributed by atoms with Crippen molar-refractivity contribution < 1.29 is 37.2 Å². The Kier molecular flexibility index (Phi) is 26.6. The minimum absolute atomic E-state index is 0.161. The molecule has 2 aromatic carbocycles. The van der Waals surface area contributed by atoms with Crippen molar-refractivity contribution in [2.24, 2.45) is 11.5 Å². The van der Waals surface area contributed by atoms with E-state index in [0.717, 1.165) is 24.3 Å². The van der Waals surface area contributed by atoms with E-state index < -0.39 is 22.9 Å². The summed E-state index contributed by atoms with van der Waals surface area (Å²) >= 11 is 0. The maximum absolute atomic E-state index is 8.95. The number of rotatable bonds is 22. The molecule has 260 valence electrons. The number of ether oxygens (including phenoxy) is 2. The molecule has 0 heterocycles. The summed E-state index contributed by atoms with van der Waals surface area (Å²) in [5.74, 6) is 1.61. The SMILES string of the molecule is CCCCCCCCCc1ccccc1OC(N)CO.CCCCCCCCCc1ccccc1OC(N)CO.O=S(=O)(O)O. The van der Waals surface area contributed by atoms with E-state index in [-0.39, 0.29) is 13.2 Å². The molecule has 0 amide bonds. The van der Waals surface area contributed by atoms with E-state index in [4.69, 9.17) is 48.7 Å². The molecule has 0 bridgehead atoms. The average Bonchev–Trinajstić information content (AvgIpc) is 3.01. The first kappa shape index (κ1) is 42.8. The van der Waals surface area contributed by atoms with Crippen LogP contribution in [-0.4, -0.2) is 53.4 Å². The van der Waals surface area contributed by atoms with Crippen LogP contribution in [0.5, 0.6) is 11.5 Å². The number of aliphatic hydroxyl groups is 2. The fourth-order valence-corrected chi connectivity index (χ4v) is 4.60. The number of unbranched alkanes of at least 4 members (excludes halogenated alkanes) is 12. The lowest BCUT2D eigenvalue weighted by Crippen LogP contribution is -2.31. The minimum Gasteiger partial charge on any atom is -0.473 e. The number of para-hydroxylation sites is 2. The van der Waals surface area contributed by atoms with E-state index in [0.29, 0.717) is 0 Å². The van der Waals surface area contributed by atoms with E-state index in [2.05, 4.69) is 26.0 Å². The quantitative estimate of drug-likeness (QED) is 0.0457. The van der Waals surface area contributed by atoms with E-state index in [9.17, 15) is 0 Å². The third kappa shape index (κ3) is 26.7. The van der Waals surface area contributed by atoms with Gasteiger partial charge in [0.15, 0.2) is 12.5 Å². The van der Waals surface area contributed by atoms with Gasteiger partial charge in [-0.2, -0.15) is 8.42 Å². The lowest BCUT2D eigenvalue weighted by atomic mass is 10.0. The lowest BCUT2D eigenvalue weighted by molar-refractivity contribution is 0.120. The van der Waals surface area contributed by atoms with Crippen LogP contribution in [0.25, 0.3) is 0 Å². The van der Waals surface area contributed by atoms with Crippen LogP contribution in [-0.2, 0) is 23.2 Å². The number of hydrogen-bond acceptors (Lipinski definition) is 8. The van der Waals surface area contributed by atoms with Gasteiger partial charge in [0.1, 0.15) is 11.5 Å². The van der Waals surface area contributed by atoms with Gasteiger partial charge in [-0.05, 0) is 48.9 Å². The maximum atomic E-state index is 8.95. The summed E-state index contributed by atoms with van der Waals surface area (Å²) in [5, 5.41) is 17.9. The van der Waals surface area contributed by atoms with Gasteiger partial charge in [-0.25, -0.2) is 0 Å². The second-order valence-electron chi connectivity index (χ2n) is 11.1. The predicted octanol–water partition coefficient (Wildman–Crippen LogP) is 6.62. The van der Waals surface area contributed by atoms with Crippen molar-refractivity contribution in [1.82, 2.24) is 0 Å². The summed E-state index contributed by atoms with van der Waals surface area (Å²) in [7, 11) is -4.67. The highest BCUT2D eigenvalue weighted by Gasteiger charge is 2.08. The maximum Gasteiger partial charge on any atom is 0.394 e. The van der Waals surface area contributed by atoms with Gasteiger partial charge in [-0.15, -0.1) is 0 Å². The Morgan fingerprint density at radius 3 is 1.18 bits per heavy atom. The Labute approximate surface area is 272 Å². The van der Waals surface area contributed by atoms with Crippen LogP contribution in [0.4, 0.5) is 0 Å². The zero-order valence-electron chi connectivity index (χ0n) is 27.5. The molecular formula is C34H60N2O8S. The molecule has 2 unspecified atom stereocenters. The monoisotopic (exact) mass is 656 g/mol. The van der Waals surface area contributed by atoms with E-state index in [1.807, 2.05) is 36.4 Å². The van der Waals surface area contributed by atoms with E-state index in [1.165, 1.54) is 101 Å². The van der Waals surface area contributed by atoms with Crippen molar-refractivity contribution in [1.29, 1.82) is 0 Å². The van der Waals surface area contributed by atoms with E-state index >= 15 is 0 Å². The lowest BCUT2D eigenvalue weighted by Gasteiger charge is -2.15. The van der Waals surface area contributed by atoms with Gasteiger partial charge in [0, 0.05) is 0 Å². The molecule has 0 aliphatic heterocycles. The topological polar surface area (TPSA) is 186 Å². The van der Waals surface area contributed by atoms with Crippen LogP contribution in [0, 0.1) is 0 Å². The summed E-state index contributed by atoms with van der Waals surface area (Å²) in [6, 6.07) is 15.9. The van der Waals surface area contributed by atoms with Crippen molar-refractivity contribution in [3.05, 3.63) is 59.7 Å². The Hall–Kier alpha value is -2.25. The zero-order chi connectivity index (χ0) is 33.8. The van der Waals surface area contributed by atoms with Gasteiger partial charge < -0.3 is 19.7 Å². The average molecular weight is 657 g/mol. The number of hydrogen-bond donors (Lipinski definition) is 6. The largest absolute Gasteiger partial charge is 0.473 e. The molecule has 0 aliphatic rings. The van der Waals surface area contributed by atoms with Crippen LogP contribution < -0.4 is 20.9 Å². The smallest absolute Gasteiger partial charge is 0.394 e. The molecule has 0 aromatic heterocycles.